The van der Waals surface area contributed by atoms with Crippen molar-refractivity contribution in [1.29, 1.82) is 0 Å². The molecule has 0 aromatic heterocycles. The molecule has 1 heterocycles. The van der Waals surface area contributed by atoms with Crippen LogP contribution in [0.25, 0.3) is 0 Å². The average Bonchev–Trinajstić information content (AvgIpc) is 3.08. The average molecular weight is 400 g/mol. The maximum absolute atomic E-state index is 13.6. The third-order valence-electron chi connectivity index (χ3n) is 4.61. The molecule has 6 heteroatoms. The zero-order valence-corrected chi connectivity index (χ0v) is 17.0. The second kappa shape index (κ2) is 8.72. The minimum absolute atomic E-state index is 0.0235. The van der Waals surface area contributed by atoms with Crippen molar-refractivity contribution in [2.24, 2.45) is 10.6 Å². The van der Waals surface area contributed by atoms with Gasteiger partial charge in [0.15, 0.2) is 6.10 Å². The highest BCUT2D eigenvalue weighted by atomic mass is 19.1. The Morgan fingerprint density at radius 1 is 1.14 bits per heavy atom. The van der Waals surface area contributed by atoms with Crippen LogP contribution in [0.1, 0.15) is 44.7 Å². The molecule has 1 aliphatic rings. The predicted molar refractivity (Wildman–Crippen MR) is 108 cm³/mol. The van der Waals surface area contributed by atoms with E-state index in [4.69, 9.17) is 4.84 Å². The van der Waals surface area contributed by atoms with Gasteiger partial charge >= 0.3 is 0 Å². The van der Waals surface area contributed by atoms with Crippen molar-refractivity contribution in [3.05, 3.63) is 71.3 Å². The van der Waals surface area contributed by atoms with Gasteiger partial charge in [0.2, 0.25) is 5.91 Å². The summed E-state index contributed by atoms with van der Waals surface area (Å²) < 4.78 is 27.1. The first kappa shape index (κ1) is 21.0. The SMILES string of the molecule is CC(C)(C)CC(=O)N(Cc1cccc(F)c1)C[C@H]1CC(c2cccc(F)c2)=NO1. The summed E-state index contributed by atoms with van der Waals surface area (Å²) in [6.07, 6.45) is 0.518. The first-order valence-electron chi connectivity index (χ1n) is 9.70. The number of nitrogens with zero attached hydrogens (tertiary/aromatic N) is 2. The summed E-state index contributed by atoms with van der Waals surface area (Å²) >= 11 is 0. The fraction of sp³-hybridized carbons (Fsp3) is 0.391. The van der Waals surface area contributed by atoms with E-state index in [1.165, 1.54) is 24.3 Å². The van der Waals surface area contributed by atoms with E-state index >= 15 is 0 Å². The molecule has 1 amide bonds. The van der Waals surface area contributed by atoms with Crippen LogP contribution >= 0.6 is 0 Å². The minimum Gasteiger partial charge on any atom is -0.390 e. The van der Waals surface area contributed by atoms with E-state index in [1.807, 2.05) is 20.8 Å². The predicted octanol–water partition coefficient (Wildman–Crippen LogP) is 4.92. The monoisotopic (exact) mass is 400 g/mol. The second-order valence-corrected chi connectivity index (χ2v) is 8.62. The van der Waals surface area contributed by atoms with Crippen molar-refractivity contribution in [2.75, 3.05) is 6.54 Å². The Morgan fingerprint density at radius 3 is 2.48 bits per heavy atom. The van der Waals surface area contributed by atoms with Crippen molar-refractivity contribution in [2.45, 2.75) is 46.3 Å². The Bertz CT molecular complexity index is 906. The van der Waals surface area contributed by atoms with E-state index in [2.05, 4.69) is 5.16 Å². The zero-order chi connectivity index (χ0) is 21.0. The highest BCUT2D eigenvalue weighted by Gasteiger charge is 2.28. The van der Waals surface area contributed by atoms with Gasteiger partial charge < -0.3 is 9.74 Å². The maximum Gasteiger partial charge on any atom is 0.223 e. The quantitative estimate of drug-likeness (QED) is 0.690. The number of rotatable bonds is 6. The zero-order valence-electron chi connectivity index (χ0n) is 17.0. The molecule has 1 aliphatic heterocycles. The molecule has 2 aromatic carbocycles. The lowest BCUT2D eigenvalue weighted by Crippen LogP contribution is -2.38. The Labute approximate surface area is 170 Å². The van der Waals surface area contributed by atoms with Crippen LogP contribution < -0.4 is 0 Å². The van der Waals surface area contributed by atoms with Gasteiger partial charge in [-0.25, -0.2) is 8.78 Å². The van der Waals surface area contributed by atoms with Gasteiger partial charge in [-0.1, -0.05) is 50.2 Å². The van der Waals surface area contributed by atoms with Crippen LogP contribution in [-0.2, 0) is 16.2 Å². The van der Waals surface area contributed by atoms with Gasteiger partial charge in [-0.3, -0.25) is 4.79 Å². The molecule has 4 nitrogen and oxygen atoms in total. The molecule has 29 heavy (non-hydrogen) atoms. The standard InChI is InChI=1S/C23H26F2N2O2/c1-23(2,3)13-22(28)27(14-16-6-4-8-18(24)10-16)15-20-12-21(26-29-20)17-7-5-9-19(25)11-17/h4-11,20H,12-15H2,1-3H3/t20-/m1/s1. The molecule has 0 unspecified atom stereocenters. The van der Waals surface area contributed by atoms with Crippen LogP contribution in [-0.4, -0.2) is 29.2 Å². The first-order valence-corrected chi connectivity index (χ1v) is 9.70. The number of hydrogen-bond acceptors (Lipinski definition) is 3. The summed E-state index contributed by atoms with van der Waals surface area (Å²) in [7, 11) is 0. The number of benzene rings is 2. The van der Waals surface area contributed by atoms with Crippen LogP contribution in [0.2, 0.25) is 0 Å². The summed E-state index contributed by atoms with van der Waals surface area (Å²) in [6, 6.07) is 12.4. The Kier molecular flexibility index (Phi) is 6.30. The number of carbonyl (C=O) groups excluding carboxylic acids is 1. The highest BCUT2D eigenvalue weighted by molar-refractivity contribution is 6.01. The molecule has 0 bridgehead atoms. The number of hydrogen-bond donors (Lipinski definition) is 0. The molecule has 3 rings (SSSR count). The number of oxime groups is 1. The van der Waals surface area contributed by atoms with Gasteiger partial charge in [0.25, 0.3) is 0 Å². The fourth-order valence-corrected chi connectivity index (χ4v) is 3.29. The Balaban J connectivity index is 1.70. The minimum atomic E-state index is -0.334. The van der Waals surface area contributed by atoms with E-state index in [1.54, 1.807) is 29.2 Å². The molecule has 0 saturated heterocycles. The van der Waals surface area contributed by atoms with Gasteiger partial charge in [-0.2, -0.15) is 0 Å². The van der Waals surface area contributed by atoms with E-state index in [0.717, 1.165) is 5.56 Å². The van der Waals surface area contributed by atoms with Gasteiger partial charge in [0.05, 0.1) is 12.3 Å². The van der Waals surface area contributed by atoms with Crippen molar-refractivity contribution in [3.63, 3.8) is 0 Å². The molecular formula is C23H26F2N2O2. The van der Waals surface area contributed by atoms with Crippen molar-refractivity contribution in [3.8, 4) is 0 Å². The lowest BCUT2D eigenvalue weighted by atomic mass is 9.91. The molecule has 1 atom stereocenters. The Morgan fingerprint density at radius 2 is 1.83 bits per heavy atom. The lowest BCUT2D eigenvalue weighted by molar-refractivity contribution is -0.135. The molecule has 0 N–H and O–H groups in total. The first-order chi connectivity index (χ1) is 13.7. The highest BCUT2D eigenvalue weighted by Crippen LogP contribution is 2.23. The summed E-state index contributed by atoms with van der Waals surface area (Å²) in [5.74, 6) is -0.689. The van der Waals surface area contributed by atoms with E-state index in [-0.39, 0.29) is 29.1 Å². The third-order valence-corrected chi connectivity index (χ3v) is 4.61. The molecule has 0 aliphatic carbocycles. The van der Waals surface area contributed by atoms with Crippen molar-refractivity contribution < 1.29 is 18.4 Å². The van der Waals surface area contributed by atoms with Crippen molar-refractivity contribution in [1.82, 2.24) is 4.90 Å². The second-order valence-electron chi connectivity index (χ2n) is 8.62. The fourth-order valence-electron chi connectivity index (χ4n) is 3.29. The van der Waals surface area contributed by atoms with E-state index in [9.17, 15) is 13.6 Å². The number of halogens is 2. The molecule has 154 valence electrons. The van der Waals surface area contributed by atoms with Crippen LogP contribution in [0.3, 0.4) is 0 Å². The Hall–Kier alpha value is -2.76. The third kappa shape index (κ3) is 6.11. The summed E-state index contributed by atoms with van der Waals surface area (Å²) in [5, 5.41) is 4.09. The van der Waals surface area contributed by atoms with Crippen LogP contribution in [0, 0.1) is 17.0 Å². The molecule has 0 radical (unpaired) electrons. The molecular weight excluding hydrogens is 374 g/mol. The summed E-state index contributed by atoms with van der Waals surface area (Å²) in [5.41, 5.74) is 1.88. The van der Waals surface area contributed by atoms with E-state index < -0.39 is 0 Å². The smallest absolute Gasteiger partial charge is 0.223 e. The molecule has 0 fully saturated rings. The van der Waals surface area contributed by atoms with E-state index in [0.29, 0.717) is 37.2 Å². The lowest BCUT2D eigenvalue weighted by Gasteiger charge is -2.28. The molecule has 2 aromatic rings. The summed E-state index contributed by atoms with van der Waals surface area (Å²) in [6.45, 7) is 6.63. The van der Waals surface area contributed by atoms with Gasteiger partial charge in [0, 0.05) is 24.9 Å². The van der Waals surface area contributed by atoms with Gasteiger partial charge in [0.1, 0.15) is 11.6 Å². The maximum atomic E-state index is 13.6. The van der Waals surface area contributed by atoms with Gasteiger partial charge in [-0.05, 0) is 35.2 Å². The number of amides is 1. The van der Waals surface area contributed by atoms with Crippen LogP contribution in [0.4, 0.5) is 8.78 Å². The number of carbonyl (C=O) groups is 1. The molecule has 0 spiro atoms. The topological polar surface area (TPSA) is 41.9 Å². The largest absolute Gasteiger partial charge is 0.390 e. The van der Waals surface area contributed by atoms with Crippen molar-refractivity contribution >= 4 is 11.6 Å². The molecule has 0 saturated carbocycles. The van der Waals surface area contributed by atoms with Crippen LogP contribution in [0.5, 0.6) is 0 Å². The van der Waals surface area contributed by atoms with Crippen LogP contribution in [0.15, 0.2) is 53.7 Å². The normalized spacial score (nSPS) is 16.3. The van der Waals surface area contributed by atoms with Gasteiger partial charge in [-0.15, -0.1) is 0 Å². The summed E-state index contributed by atoms with van der Waals surface area (Å²) in [4.78, 5) is 20.1.